The second kappa shape index (κ2) is 7.41. The number of esters is 1. The summed E-state index contributed by atoms with van der Waals surface area (Å²) in [4.78, 5) is 22.5. The fraction of sp³-hybridized carbons (Fsp3) is 0.429. The van der Waals surface area contributed by atoms with Crippen LogP contribution in [0.15, 0.2) is 35.6 Å². The third kappa shape index (κ3) is 4.99. The number of allylic oxidation sites excluding steroid dienone is 4. The Hall–Kier alpha value is -2.04. The number of hydrogen-bond acceptors (Lipinski definition) is 4. The van der Waals surface area contributed by atoms with Gasteiger partial charge < -0.3 is 15.2 Å². The lowest BCUT2D eigenvalue weighted by atomic mass is 9.98. The summed E-state index contributed by atoms with van der Waals surface area (Å²) in [5.41, 5.74) is 1.27. The minimum atomic E-state index is -0.960. The van der Waals surface area contributed by atoms with Gasteiger partial charge in [0.05, 0.1) is 6.61 Å². The molecule has 104 valence electrons. The Morgan fingerprint density at radius 2 is 2.26 bits per heavy atom. The van der Waals surface area contributed by atoms with E-state index >= 15 is 0 Å². The summed E-state index contributed by atoms with van der Waals surface area (Å²) >= 11 is 0. The Morgan fingerprint density at radius 3 is 2.79 bits per heavy atom. The van der Waals surface area contributed by atoms with Gasteiger partial charge in [0.2, 0.25) is 0 Å². The zero-order valence-corrected chi connectivity index (χ0v) is 11.2. The monoisotopic (exact) mass is 265 g/mol. The second-order valence-electron chi connectivity index (χ2n) is 4.19. The van der Waals surface area contributed by atoms with Gasteiger partial charge in [-0.2, -0.15) is 0 Å². The number of carboxylic acids is 1. The standard InChI is InChI=1S/C14H19NO4/c1-3-19-12(16)9-10(2)15-13(14(17)18)11-7-5-4-6-8-11/h4-5,8-9,13,15H,3,6-7H2,1-2H3,(H,17,18)/b10-9-. The van der Waals surface area contributed by atoms with Crippen molar-refractivity contribution in [3.8, 4) is 0 Å². The molecule has 5 heteroatoms. The van der Waals surface area contributed by atoms with Crippen molar-refractivity contribution in [1.29, 1.82) is 0 Å². The van der Waals surface area contributed by atoms with Gasteiger partial charge in [-0.3, -0.25) is 0 Å². The summed E-state index contributed by atoms with van der Waals surface area (Å²) in [6.45, 7) is 3.65. The van der Waals surface area contributed by atoms with E-state index in [0.717, 1.165) is 12.0 Å². The Bertz CT molecular complexity index is 435. The molecule has 1 unspecified atom stereocenters. The average molecular weight is 265 g/mol. The minimum Gasteiger partial charge on any atom is -0.479 e. The molecule has 0 fully saturated rings. The van der Waals surface area contributed by atoms with Crippen LogP contribution in [-0.2, 0) is 14.3 Å². The number of carboxylic acid groups (broad SMARTS) is 1. The van der Waals surface area contributed by atoms with Gasteiger partial charge in [-0.05, 0) is 32.3 Å². The molecule has 0 radical (unpaired) electrons. The maximum absolute atomic E-state index is 11.3. The normalized spacial score (nSPS) is 16.5. The minimum absolute atomic E-state index is 0.293. The number of nitrogens with one attached hydrogen (secondary N) is 1. The van der Waals surface area contributed by atoms with Crippen molar-refractivity contribution in [1.82, 2.24) is 5.32 Å². The van der Waals surface area contributed by atoms with Gasteiger partial charge in [0.15, 0.2) is 0 Å². The molecule has 1 aliphatic rings. The van der Waals surface area contributed by atoms with Crippen LogP contribution in [-0.4, -0.2) is 29.7 Å². The van der Waals surface area contributed by atoms with Crippen molar-refractivity contribution in [2.24, 2.45) is 0 Å². The predicted molar refractivity (Wildman–Crippen MR) is 71.4 cm³/mol. The quantitative estimate of drug-likeness (QED) is 0.435. The van der Waals surface area contributed by atoms with E-state index < -0.39 is 18.0 Å². The molecule has 0 aliphatic heterocycles. The van der Waals surface area contributed by atoms with E-state index in [4.69, 9.17) is 4.74 Å². The summed E-state index contributed by atoms with van der Waals surface area (Å²) in [6.07, 6.45) is 8.43. The highest BCUT2D eigenvalue weighted by Gasteiger charge is 2.22. The van der Waals surface area contributed by atoms with E-state index in [0.29, 0.717) is 18.7 Å². The molecule has 0 spiro atoms. The summed E-state index contributed by atoms with van der Waals surface area (Å²) in [5, 5.41) is 12.1. The lowest BCUT2D eigenvalue weighted by molar-refractivity contribution is -0.139. The Kier molecular flexibility index (Phi) is 5.85. The largest absolute Gasteiger partial charge is 0.479 e. The molecule has 1 atom stereocenters. The molecular formula is C14H19NO4. The van der Waals surface area contributed by atoms with Gasteiger partial charge in [0.25, 0.3) is 0 Å². The van der Waals surface area contributed by atoms with Crippen molar-refractivity contribution >= 4 is 11.9 Å². The summed E-state index contributed by atoms with van der Waals surface area (Å²) in [6, 6.07) is -0.810. The fourth-order valence-corrected chi connectivity index (χ4v) is 1.80. The molecule has 0 saturated heterocycles. The fourth-order valence-electron chi connectivity index (χ4n) is 1.80. The molecule has 0 bridgehead atoms. The lowest BCUT2D eigenvalue weighted by Crippen LogP contribution is -2.37. The number of rotatable bonds is 6. The molecule has 0 saturated carbocycles. The second-order valence-corrected chi connectivity index (χ2v) is 4.19. The van der Waals surface area contributed by atoms with E-state index in [2.05, 4.69) is 5.32 Å². The molecule has 19 heavy (non-hydrogen) atoms. The first-order valence-electron chi connectivity index (χ1n) is 6.23. The van der Waals surface area contributed by atoms with E-state index in [-0.39, 0.29) is 0 Å². The first-order chi connectivity index (χ1) is 9.04. The third-order valence-electron chi connectivity index (χ3n) is 2.65. The first kappa shape index (κ1) is 15.0. The molecule has 0 aromatic carbocycles. The van der Waals surface area contributed by atoms with Gasteiger partial charge in [-0.15, -0.1) is 0 Å². The summed E-state index contributed by atoms with van der Waals surface area (Å²) in [5.74, 6) is -1.44. The van der Waals surface area contributed by atoms with Crippen LogP contribution in [0.4, 0.5) is 0 Å². The Balaban J connectivity index is 2.71. The van der Waals surface area contributed by atoms with Crippen LogP contribution >= 0.6 is 0 Å². The van der Waals surface area contributed by atoms with E-state index in [1.54, 1.807) is 13.8 Å². The van der Waals surface area contributed by atoms with Crippen LogP contribution in [0.1, 0.15) is 26.7 Å². The molecule has 0 aromatic rings. The van der Waals surface area contributed by atoms with E-state index in [1.165, 1.54) is 6.08 Å². The molecule has 2 N–H and O–H groups in total. The van der Waals surface area contributed by atoms with Crippen LogP contribution in [0.25, 0.3) is 0 Å². The molecule has 0 heterocycles. The van der Waals surface area contributed by atoms with E-state index in [9.17, 15) is 14.7 Å². The topological polar surface area (TPSA) is 75.6 Å². The van der Waals surface area contributed by atoms with Crippen LogP contribution in [0.3, 0.4) is 0 Å². The molecule has 5 nitrogen and oxygen atoms in total. The molecule has 0 amide bonds. The van der Waals surface area contributed by atoms with Crippen LogP contribution in [0, 0.1) is 0 Å². The van der Waals surface area contributed by atoms with Crippen LogP contribution in [0.2, 0.25) is 0 Å². The number of carbonyl (C=O) groups excluding carboxylic acids is 1. The SMILES string of the molecule is CCOC(=O)/C=C(/C)NC(C(=O)O)C1=CCC=CC1. The van der Waals surface area contributed by atoms with Crippen molar-refractivity contribution in [3.63, 3.8) is 0 Å². The lowest BCUT2D eigenvalue weighted by Gasteiger charge is -2.20. The zero-order chi connectivity index (χ0) is 14.3. The third-order valence-corrected chi connectivity index (χ3v) is 2.65. The highest BCUT2D eigenvalue weighted by molar-refractivity contribution is 5.83. The molecule has 1 rings (SSSR count). The van der Waals surface area contributed by atoms with E-state index in [1.807, 2.05) is 18.2 Å². The van der Waals surface area contributed by atoms with Gasteiger partial charge >= 0.3 is 11.9 Å². The smallest absolute Gasteiger partial charge is 0.332 e. The maximum atomic E-state index is 11.3. The Morgan fingerprint density at radius 1 is 1.53 bits per heavy atom. The van der Waals surface area contributed by atoms with Crippen molar-refractivity contribution in [2.45, 2.75) is 32.7 Å². The number of ether oxygens (including phenoxy) is 1. The highest BCUT2D eigenvalue weighted by Crippen LogP contribution is 2.16. The van der Waals surface area contributed by atoms with Crippen molar-refractivity contribution in [3.05, 3.63) is 35.6 Å². The van der Waals surface area contributed by atoms with Crippen LogP contribution < -0.4 is 5.32 Å². The number of hydrogen-bond donors (Lipinski definition) is 2. The Labute approximate surface area is 112 Å². The predicted octanol–water partition coefficient (Wildman–Crippen LogP) is 1.77. The summed E-state index contributed by atoms with van der Waals surface area (Å²) < 4.78 is 4.77. The van der Waals surface area contributed by atoms with Crippen molar-refractivity contribution < 1.29 is 19.4 Å². The first-order valence-corrected chi connectivity index (χ1v) is 6.23. The van der Waals surface area contributed by atoms with Crippen LogP contribution in [0.5, 0.6) is 0 Å². The van der Waals surface area contributed by atoms with Crippen molar-refractivity contribution in [2.75, 3.05) is 6.61 Å². The zero-order valence-electron chi connectivity index (χ0n) is 11.2. The highest BCUT2D eigenvalue weighted by atomic mass is 16.5. The average Bonchev–Trinajstić information content (AvgIpc) is 2.37. The number of aliphatic carboxylic acids is 1. The molecule has 1 aliphatic carbocycles. The van der Waals surface area contributed by atoms with Gasteiger partial charge in [-0.25, -0.2) is 9.59 Å². The van der Waals surface area contributed by atoms with Gasteiger partial charge in [0.1, 0.15) is 6.04 Å². The van der Waals surface area contributed by atoms with Gasteiger partial charge in [-0.1, -0.05) is 18.2 Å². The maximum Gasteiger partial charge on any atom is 0.332 e. The molecular weight excluding hydrogens is 246 g/mol. The van der Waals surface area contributed by atoms with Gasteiger partial charge in [0, 0.05) is 11.8 Å². The molecule has 0 aromatic heterocycles. The summed E-state index contributed by atoms with van der Waals surface area (Å²) in [7, 11) is 0. The number of carbonyl (C=O) groups is 2.